The van der Waals surface area contributed by atoms with Crippen molar-refractivity contribution in [3.63, 3.8) is 0 Å². The fourth-order valence-electron chi connectivity index (χ4n) is 4.69. The van der Waals surface area contributed by atoms with Crippen molar-refractivity contribution in [1.82, 2.24) is 9.80 Å². The standard InChI is InChI=1S/C21H39F3N2/c1-9-17(6)26(14(2)3)19-11-10-18(12-15(19)4)20(25(7)8)13-16(5)21(22,23)24/h15-20H,2,9-13H2,1,3-8H3. The van der Waals surface area contributed by atoms with Gasteiger partial charge in [-0.1, -0.05) is 27.4 Å². The highest BCUT2D eigenvalue weighted by molar-refractivity contribution is 5.00. The second-order valence-corrected chi connectivity index (χ2v) is 8.73. The summed E-state index contributed by atoms with van der Waals surface area (Å²) in [6.07, 6.45) is 0.163. The van der Waals surface area contributed by atoms with Crippen molar-refractivity contribution in [2.24, 2.45) is 17.8 Å². The lowest BCUT2D eigenvalue weighted by Crippen LogP contribution is -2.49. The van der Waals surface area contributed by atoms with Crippen LogP contribution in [0.4, 0.5) is 13.2 Å². The van der Waals surface area contributed by atoms with Crippen molar-refractivity contribution >= 4 is 0 Å². The van der Waals surface area contributed by atoms with E-state index in [4.69, 9.17) is 0 Å². The quantitative estimate of drug-likeness (QED) is 0.517. The van der Waals surface area contributed by atoms with E-state index in [-0.39, 0.29) is 12.5 Å². The molecule has 0 amide bonds. The van der Waals surface area contributed by atoms with Gasteiger partial charge in [0.15, 0.2) is 0 Å². The van der Waals surface area contributed by atoms with E-state index < -0.39 is 12.1 Å². The predicted octanol–water partition coefficient (Wildman–Crippen LogP) is 5.94. The third kappa shape index (κ3) is 5.90. The Morgan fingerprint density at radius 3 is 2.15 bits per heavy atom. The number of rotatable bonds is 8. The van der Waals surface area contributed by atoms with Crippen LogP contribution in [0.1, 0.15) is 66.7 Å². The molecule has 1 rings (SSSR count). The van der Waals surface area contributed by atoms with Crippen LogP contribution >= 0.6 is 0 Å². The van der Waals surface area contributed by atoms with Crippen molar-refractivity contribution in [1.29, 1.82) is 0 Å². The van der Waals surface area contributed by atoms with Crippen LogP contribution in [0.5, 0.6) is 0 Å². The number of nitrogens with zero attached hydrogens (tertiary/aromatic N) is 2. The first-order chi connectivity index (χ1) is 11.9. The summed E-state index contributed by atoms with van der Waals surface area (Å²) in [7, 11) is 3.84. The van der Waals surface area contributed by atoms with Gasteiger partial charge in [-0.3, -0.25) is 0 Å². The number of allylic oxidation sites excluding steroid dienone is 1. The van der Waals surface area contributed by atoms with Crippen molar-refractivity contribution in [3.8, 4) is 0 Å². The van der Waals surface area contributed by atoms with Gasteiger partial charge in [-0.15, -0.1) is 0 Å². The van der Waals surface area contributed by atoms with Crippen LogP contribution in [0.25, 0.3) is 0 Å². The molecule has 1 saturated carbocycles. The maximum atomic E-state index is 13.1. The van der Waals surface area contributed by atoms with Gasteiger partial charge in [0.2, 0.25) is 0 Å². The second kappa shape index (κ2) is 9.48. The van der Waals surface area contributed by atoms with Crippen LogP contribution in [-0.2, 0) is 0 Å². The van der Waals surface area contributed by atoms with Gasteiger partial charge in [0, 0.05) is 23.8 Å². The van der Waals surface area contributed by atoms with E-state index in [1.54, 1.807) is 0 Å². The molecule has 0 N–H and O–H groups in total. The van der Waals surface area contributed by atoms with E-state index in [1.165, 1.54) is 6.92 Å². The molecule has 1 fully saturated rings. The summed E-state index contributed by atoms with van der Waals surface area (Å²) in [5.74, 6) is -0.469. The molecule has 6 atom stereocenters. The molecule has 5 heteroatoms. The zero-order valence-electron chi connectivity index (χ0n) is 17.7. The Morgan fingerprint density at radius 1 is 1.19 bits per heavy atom. The average molecular weight is 377 g/mol. The molecule has 0 spiro atoms. The molecule has 0 aromatic carbocycles. The second-order valence-electron chi connectivity index (χ2n) is 8.73. The smallest absolute Gasteiger partial charge is 0.370 e. The van der Waals surface area contributed by atoms with E-state index >= 15 is 0 Å². The zero-order valence-corrected chi connectivity index (χ0v) is 17.7. The fraction of sp³-hybridized carbons (Fsp3) is 0.905. The Labute approximate surface area is 158 Å². The Balaban J connectivity index is 2.85. The minimum absolute atomic E-state index is 0.0168. The van der Waals surface area contributed by atoms with Crippen molar-refractivity contribution in [3.05, 3.63) is 12.3 Å². The van der Waals surface area contributed by atoms with Gasteiger partial charge in [-0.2, -0.15) is 13.2 Å². The summed E-state index contributed by atoms with van der Waals surface area (Å²) in [6, 6.07) is 0.879. The molecule has 0 bridgehead atoms. The van der Waals surface area contributed by atoms with Gasteiger partial charge in [0.05, 0.1) is 5.92 Å². The Bertz CT molecular complexity index is 447. The number of hydrogen-bond donors (Lipinski definition) is 0. The lowest BCUT2D eigenvalue weighted by Gasteiger charge is -2.48. The zero-order chi connectivity index (χ0) is 20.2. The Hall–Kier alpha value is -0.710. The van der Waals surface area contributed by atoms with Gasteiger partial charge in [0.1, 0.15) is 0 Å². The largest absolute Gasteiger partial charge is 0.391 e. The topological polar surface area (TPSA) is 6.48 Å². The highest BCUT2D eigenvalue weighted by atomic mass is 19.4. The maximum absolute atomic E-state index is 13.1. The third-order valence-electron chi connectivity index (χ3n) is 6.39. The Kier molecular flexibility index (Phi) is 8.50. The van der Waals surface area contributed by atoms with E-state index in [0.29, 0.717) is 23.9 Å². The summed E-state index contributed by atoms with van der Waals surface area (Å²) in [5.41, 5.74) is 1.10. The van der Waals surface area contributed by atoms with Crippen LogP contribution in [0.2, 0.25) is 0 Å². The summed E-state index contributed by atoms with van der Waals surface area (Å²) in [5, 5.41) is 0. The van der Waals surface area contributed by atoms with Crippen LogP contribution in [-0.4, -0.2) is 48.2 Å². The molecule has 26 heavy (non-hydrogen) atoms. The monoisotopic (exact) mass is 376 g/mol. The van der Waals surface area contributed by atoms with E-state index in [2.05, 4.69) is 39.2 Å². The SMILES string of the molecule is C=C(C)N(C(C)CC)C1CCC(C(CC(C)C(F)(F)F)N(C)C)CC1C. The molecular weight excluding hydrogens is 337 g/mol. The Morgan fingerprint density at radius 2 is 1.77 bits per heavy atom. The summed E-state index contributed by atoms with van der Waals surface area (Å²) >= 11 is 0. The van der Waals surface area contributed by atoms with Crippen LogP contribution < -0.4 is 0 Å². The van der Waals surface area contributed by atoms with Crippen molar-refractivity contribution < 1.29 is 13.2 Å². The molecule has 0 saturated heterocycles. The molecule has 0 radical (unpaired) electrons. The minimum atomic E-state index is -4.11. The van der Waals surface area contributed by atoms with E-state index in [0.717, 1.165) is 31.4 Å². The summed E-state index contributed by atoms with van der Waals surface area (Å²) < 4.78 is 39.2. The first-order valence-electron chi connectivity index (χ1n) is 10.1. The van der Waals surface area contributed by atoms with E-state index in [1.807, 2.05) is 19.0 Å². The summed E-state index contributed by atoms with van der Waals surface area (Å²) in [4.78, 5) is 4.45. The average Bonchev–Trinajstić information content (AvgIpc) is 2.52. The molecule has 0 aliphatic heterocycles. The fourth-order valence-corrected chi connectivity index (χ4v) is 4.69. The molecular formula is C21H39F3N2. The molecule has 1 aliphatic rings. The molecule has 2 nitrogen and oxygen atoms in total. The van der Waals surface area contributed by atoms with E-state index in [9.17, 15) is 13.2 Å². The molecule has 0 heterocycles. The van der Waals surface area contributed by atoms with Crippen molar-refractivity contribution in [2.75, 3.05) is 14.1 Å². The van der Waals surface area contributed by atoms with Gasteiger partial charge in [-0.05, 0) is 71.9 Å². The van der Waals surface area contributed by atoms with Gasteiger partial charge < -0.3 is 9.80 Å². The van der Waals surface area contributed by atoms with Crippen LogP contribution in [0, 0.1) is 17.8 Å². The van der Waals surface area contributed by atoms with Gasteiger partial charge in [-0.25, -0.2) is 0 Å². The normalized spacial score (nSPS) is 27.9. The van der Waals surface area contributed by atoms with Crippen molar-refractivity contribution in [2.45, 2.75) is 91.0 Å². The first kappa shape index (κ1) is 23.3. The summed E-state index contributed by atoms with van der Waals surface area (Å²) in [6.45, 7) is 14.2. The third-order valence-corrected chi connectivity index (χ3v) is 6.39. The molecule has 0 aromatic heterocycles. The molecule has 6 unspecified atom stereocenters. The lowest BCUT2D eigenvalue weighted by atomic mass is 9.73. The van der Waals surface area contributed by atoms with Crippen LogP contribution in [0.3, 0.4) is 0 Å². The van der Waals surface area contributed by atoms with Gasteiger partial charge in [0.25, 0.3) is 0 Å². The lowest BCUT2D eigenvalue weighted by molar-refractivity contribution is -0.175. The molecule has 154 valence electrons. The van der Waals surface area contributed by atoms with Gasteiger partial charge >= 0.3 is 6.18 Å². The predicted molar refractivity (Wildman–Crippen MR) is 104 cm³/mol. The first-order valence-corrected chi connectivity index (χ1v) is 10.1. The minimum Gasteiger partial charge on any atom is -0.370 e. The number of halogens is 3. The van der Waals surface area contributed by atoms with Crippen LogP contribution in [0.15, 0.2) is 12.3 Å². The number of alkyl halides is 3. The highest BCUT2D eigenvalue weighted by Gasteiger charge is 2.41. The highest BCUT2D eigenvalue weighted by Crippen LogP contribution is 2.40. The number of hydrogen-bond acceptors (Lipinski definition) is 2. The maximum Gasteiger partial charge on any atom is 0.391 e. The molecule has 1 aliphatic carbocycles. The molecule has 0 aromatic rings.